The molecule has 22 heavy (non-hydrogen) atoms. The van der Waals surface area contributed by atoms with Gasteiger partial charge in [-0.3, -0.25) is 19.9 Å². The van der Waals surface area contributed by atoms with E-state index in [4.69, 9.17) is 0 Å². The van der Waals surface area contributed by atoms with Crippen molar-refractivity contribution in [3.05, 3.63) is 68.4 Å². The van der Waals surface area contributed by atoms with E-state index in [1.807, 2.05) is 26.0 Å². The molecule has 1 N–H and O–H groups in total. The minimum Gasteiger partial charge on any atom is -0.341 e. The third kappa shape index (κ3) is 3.48. The van der Waals surface area contributed by atoms with Crippen molar-refractivity contribution in [1.82, 2.24) is 10.3 Å². The smallest absolute Gasteiger partial charge is 0.270 e. The maximum Gasteiger partial charge on any atom is 0.270 e. The summed E-state index contributed by atoms with van der Waals surface area (Å²) in [6, 6.07) is 9.50. The lowest BCUT2D eigenvalue weighted by molar-refractivity contribution is -0.384. The minimum absolute atomic E-state index is 0.135. The summed E-state index contributed by atoms with van der Waals surface area (Å²) in [5.74, 6) is -0.411. The zero-order valence-corrected chi connectivity index (χ0v) is 13.6. The van der Waals surface area contributed by atoms with Crippen LogP contribution in [-0.4, -0.2) is 15.8 Å². The Kier molecular flexibility index (Phi) is 4.56. The molecule has 0 aliphatic heterocycles. The van der Waals surface area contributed by atoms with Gasteiger partial charge in [0.1, 0.15) is 0 Å². The van der Waals surface area contributed by atoms with E-state index in [0.29, 0.717) is 10.2 Å². The van der Waals surface area contributed by atoms with E-state index in [-0.39, 0.29) is 11.3 Å². The zero-order valence-electron chi connectivity index (χ0n) is 12.0. The Hall–Kier alpha value is -2.28. The van der Waals surface area contributed by atoms with Gasteiger partial charge < -0.3 is 5.32 Å². The van der Waals surface area contributed by atoms with Crippen molar-refractivity contribution in [1.29, 1.82) is 0 Å². The number of aromatic nitrogens is 1. The number of nitro groups is 1. The molecule has 0 aliphatic carbocycles. The molecule has 0 bridgehead atoms. The predicted octanol–water partition coefficient (Wildman–Crippen LogP) is 3.42. The van der Waals surface area contributed by atoms with Crippen molar-refractivity contribution in [3.63, 3.8) is 0 Å². The molecule has 0 saturated heterocycles. The van der Waals surface area contributed by atoms with Gasteiger partial charge in [-0.15, -0.1) is 0 Å². The van der Waals surface area contributed by atoms with Crippen LogP contribution in [0.3, 0.4) is 0 Å². The second-order valence-corrected chi connectivity index (χ2v) is 6.07. The highest BCUT2D eigenvalue weighted by molar-refractivity contribution is 9.10. The van der Waals surface area contributed by atoms with E-state index in [1.54, 1.807) is 12.3 Å². The van der Waals surface area contributed by atoms with Gasteiger partial charge in [0.05, 0.1) is 21.7 Å². The lowest BCUT2D eigenvalue weighted by Crippen LogP contribution is -2.41. The SMILES string of the molecule is CC(C)(NC(=O)c1cc([N+](=O)[O-])ccc1Br)c1ccccn1. The number of nitro benzene ring substituents is 1. The normalized spacial score (nSPS) is 11.0. The molecule has 0 saturated carbocycles. The van der Waals surface area contributed by atoms with Crippen LogP contribution in [0.4, 0.5) is 5.69 Å². The molecule has 2 aromatic rings. The van der Waals surface area contributed by atoms with Crippen molar-refractivity contribution in [3.8, 4) is 0 Å². The molecule has 0 unspecified atom stereocenters. The predicted molar refractivity (Wildman–Crippen MR) is 85.5 cm³/mol. The first-order valence-electron chi connectivity index (χ1n) is 6.49. The molecule has 6 nitrogen and oxygen atoms in total. The Bertz CT molecular complexity index is 717. The molecule has 0 aliphatic rings. The standard InChI is InChI=1S/C15H14BrN3O3/c1-15(2,13-5-3-4-8-17-13)18-14(20)11-9-10(19(21)22)6-7-12(11)16/h3-9H,1-2H3,(H,18,20). The highest BCUT2D eigenvalue weighted by Crippen LogP contribution is 2.24. The Labute approximate surface area is 135 Å². The van der Waals surface area contributed by atoms with Crippen LogP contribution in [0.1, 0.15) is 29.9 Å². The number of nitrogens with one attached hydrogen (secondary N) is 1. The molecule has 1 aromatic carbocycles. The van der Waals surface area contributed by atoms with E-state index in [0.717, 1.165) is 0 Å². The molecule has 0 radical (unpaired) electrons. The quantitative estimate of drug-likeness (QED) is 0.666. The number of hydrogen-bond acceptors (Lipinski definition) is 4. The maximum atomic E-state index is 12.4. The maximum absolute atomic E-state index is 12.4. The zero-order chi connectivity index (χ0) is 16.3. The molecule has 0 spiro atoms. The second-order valence-electron chi connectivity index (χ2n) is 5.22. The van der Waals surface area contributed by atoms with Gasteiger partial charge in [-0.2, -0.15) is 0 Å². The summed E-state index contributed by atoms with van der Waals surface area (Å²) < 4.78 is 0.493. The average Bonchev–Trinajstić information content (AvgIpc) is 2.47. The number of carbonyl (C=O) groups excluding carboxylic acids is 1. The third-order valence-corrected chi connectivity index (χ3v) is 3.83. The van der Waals surface area contributed by atoms with Crippen molar-refractivity contribution in [2.45, 2.75) is 19.4 Å². The van der Waals surface area contributed by atoms with E-state index in [2.05, 4.69) is 26.2 Å². The minimum atomic E-state index is -0.706. The van der Waals surface area contributed by atoms with Gasteiger partial charge in [0, 0.05) is 22.8 Å². The van der Waals surface area contributed by atoms with E-state index in [9.17, 15) is 14.9 Å². The summed E-state index contributed by atoms with van der Waals surface area (Å²) in [5.41, 5.74) is 0.0645. The van der Waals surface area contributed by atoms with Crippen molar-refractivity contribution in [2.75, 3.05) is 0 Å². The number of benzene rings is 1. The summed E-state index contributed by atoms with van der Waals surface area (Å²) in [6.45, 7) is 3.64. The summed E-state index contributed by atoms with van der Waals surface area (Å²) in [4.78, 5) is 27.0. The first-order chi connectivity index (χ1) is 10.3. The van der Waals surface area contributed by atoms with Crippen LogP contribution >= 0.6 is 15.9 Å². The summed E-state index contributed by atoms with van der Waals surface area (Å²) in [6.07, 6.45) is 1.65. The van der Waals surface area contributed by atoms with Crippen LogP contribution in [0.5, 0.6) is 0 Å². The fraction of sp³-hybridized carbons (Fsp3) is 0.200. The fourth-order valence-electron chi connectivity index (χ4n) is 1.95. The molecule has 1 amide bonds. The van der Waals surface area contributed by atoms with Crippen LogP contribution < -0.4 is 5.32 Å². The van der Waals surface area contributed by atoms with Gasteiger partial charge >= 0.3 is 0 Å². The molecule has 1 heterocycles. The highest BCUT2D eigenvalue weighted by Gasteiger charge is 2.26. The molecular formula is C15H14BrN3O3. The lowest BCUT2D eigenvalue weighted by atomic mass is 9.99. The van der Waals surface area contributed by atoms with Crippen molar-refractivity contribution in [2.24, 2.45) is 0 Å². The van der Waals surface area contributed by atoms with Crippen molar-refractivity contribution >= 4 is 27.5 Å². The van der Waals surface area contributed by atoms with Gasteiger partial charge in [-0.25, -0.2) is 0 Å². The summed E-state index contributed by atoms with van der Waals surface area (Å²) in [5, 5.41) is 13.7. The van der Waals surface area contributed by atoms with Crippen LogP contribution in [0.2, 0.25) is 0 Å². The number of pyridine rings is 1. The number of nitrogens with zero attached hydrogens (tertiary/aromatic N) is 2. The number of rotatable bonds is 4. The van der Waals surface area contributed by atoms with Crippen molar-refractivity contribution < 1.29 is 9.72 Å². The molecule has 0 fully saturated rings. The number of hydrogen-bond donors (Lipinski definition) is 1. The van der Waals surface area contributed by atoms with Crippen LogP contribution in [0, 0.1) is 10.1 Å². The molecule has 114 valence electrons. The van der Waals surface area contributed by atoms with E-state index >= 15 is 0 Å². The number of halogens is 1. The first-order valence-corrected chi connectivity index (χ1v) is 7.28. The van der Waals surface area contributed by atoms with Crippen LogP contribution in [0.15, 0.2) is 47.1 Å². The number of amides is 1. The average molecular weight is 364 g/mol. The number of non-ortho nitro benzene ring substituents is 1. The topological polar surface area (TPSA) is 85.1 Å². The number of carbonyl (C=O) groups is 1. The summed E-state index contributed by atoms with van der Waals surface area (Å²) >= 11 is 3.24. The highest BCUT2D eigenvalue weighted by atomic mass is 79.9. The van der Waals surface area contributed by atoms with Gasteiger partial charge in [0.25, 0.3) is 11.6 Å². The summed E-state index contributed by atoms with van der Waals surface area (Å²) in [7, 11) is 0. The van der Waals surface area contributed by atoms with Gasteiger partial charge in [-0.05, 0) is 48.0 Å². The Balaban J connectivity index is 2.29. The van der Waals surface area contributed by atoms with Crippen LogP contribution in [-0.2, 0) is 5.54 Å². The largest absolute Gasteiger partial charge is 0.341 e. The van der Waals surface area contributed by atoms with E-state index in [1.165, 1.54) is 18.2 Å². The fourth-order valence-corrected chi connectivity index (χ4v) is 2.38. The second kappa shape index (κ2) is 6.23. The first kappa shape index (κ1) is 16.1. The lowest BCUT2D eigenvalue weighted by Gasteiger charge is -2.25. The monoisotopic (exact) mass is 363 g/mol. The van der Waals surface area contributed by atoms with Gasteiger partial charge in [0.2, 0.25) is 0 Å². The third-order valence-electron chi connectivity index (χ3n) is 3.14. The van der Waals surface area contributed by atoms with Crippen LogP contribution in [0.25, 0.3) is 0 Å². The molecule has 2 rings (SSSR count). The molecular weight excluding hydrogens is 350 g/mol. The van der Waals surface area contributed by atoms with Gasteiger partial charge in [0.15, 0.2) is 0 Å². The Morgan fingerprint density at radius 3 is 2.64 bits per heavy atom. The molecule has 0 atom stereocenters. The Morgan fingerprint density at radius 2 is 2.05 bits per heavy atom. The van der Waals surface area contributed by atoms with Gasteiger partial charge in [-0.1, -0.05) is 6.07 Å². The Morgan fingerprint density at radius 1 is 1.32 bits per heavy atom. The molecule has 7 heteroatoms. The molecule has 1 aromatic heterocycles. The van der Waals surface area contributed by atoms with E-state index < -0.39 is 16.4 Å².